The lowest BCUT2D eigenvalue weighted by molar-refractivity contribution is -0.143. The number of nitrogens with zero attached hydrogens (tertiary/aromatic N) is 3. The van der Waals surface area contributed by atoms with Crippen LogP contribution in [0.5, 0.6) is 5.88 Å². The number of aromatic nitrogens is 3. The fourth-order valence-electron chi connectivity index (χ4n) is 3.41. The molecule has 0 saturated heterocycles. The molecule has 2 heterocycles. The molecular formula is C21H18F3N5O5. The zero-order chi connectivity index (χ0) is 24.2. The Morgan fingerprint density at radius 3 is 2.47 bits per heavy atom. The minimum absolute atomic E-state index is 0.00470. The molecule has 0 spiro atoms. The van der Waals surface area contributed by atoms with Gasteiger partial charge in [-0.05, 0) is 37.8 Å². The SMILES string of the molecule is O=C(Nc1cnc(O[C@H]2CC[C@H](C(=O)O)CC2)cc1F)c1nnc(Nc2ccc(F)c(F)c2)o1. The standard InChI is InChI=1S/C21H18F3N5O5/c22-13-6-3-11(7-14(13)23)26-21-29-28-19(34-21)18(30)27-16-9-25-17(8-15(16)24)33-12-4-1-10(2-5-12)20(31)32/h3,6-10,12H,1-2,4-5H2,(H,26,29)(H,27,30)(H,31,32)/t10-,12-. The molecule has 3 N–H and O–H groups in total. The Labute approximate surface area is 190 Å². The highest BCUT2D eigenvalue weighted by Crippen LogP contribution is 2.28. The molecule has 1 aliphatic rings. The molecule has 0 aliphatic heterocycles. The molecule has 2 aromatic heterocycles. The van der Waals surface area contributed by atoms with Crippen LogP contribution in [0.3, 0.4) is 0 Å². The van der Waals surface area contributed by atoms with Crippen molar-refractivity contribution in [3.05, 3.63) is 53.8 Å². The van der Waals surface area contributed by atoms with E-state index in [1.807, 2.05) is 0 Å². The van der Waals surface area contributed by atoms with Gasteiger partial charge in [0, 0.05) is 17.8 Å². The van der Waals surface area contributed by atoms with Crippen molar-refractivity contribution in [3.63, 3.8) is 0 Å². The van der Waals surface area contributed by atoms with Gasteiger partial charge < -0.3 is 24.9 Å². The van der Waals surface area contributed by atoms with Crippen molar-refractivity contribution in [3.8, 4) is 5.88 Å². The van der Waals surface area contributed by atoms with E-state index in [2.05, 4.69) is 25.8 Å². The monoisotopic (exact) mass is 477 g/mol. The van der Waals surface area contributed by atoms with Gasteiger partial charge in [0.15, 0.2) is 17.5 Å². The van der Waals surface area contributed by atoms with Crippen molar-refractivity contribution in [1.29, 1.82) is 0 Å². The highest BCUT2D eigenvalue weighted by atomic mass is 19.2. The van der Waals surface area contributed by atoms with Crippen LogP contribution in [0.15, 0.2) is 34.9 Å². The average molecular weight is 477 g/mol. The lowest BCUT2D eigenvalue weighted by atomic mass is 9.87. The number of benzene rings is 1. The third kappa shape index (κ3) is 5.42. The summed E-state index contributed by atoms with van der Waals surface area (Å²) in [6.45, 7) is 0. The molecule has 0 bridgehead atoms. The van der Waals surface area contributed by atoms with Gasteiger partial charge >= 0.3 is 23.8 Å². The molecule has 0 radical (unpaired) electrons. The number of hydrogen-bond donors (Lipinski definition) is 3. The van der Waals surface area contributed by atoms with Crippen LogP contribution in [0, 0.1) is 23.4 Å². The number of anilines is 3. The van der Waals surface area contributed by atoms with Gasteiger partial charge in [-0.15, -0.1) is 5.10 Å². The summed E-state index contributed by atoms with van der Waals surface area (Å²) < 4.78 is 51.5. The zero-order valence-corrected chi connectivity index (χ0v) is 17.4. The van der Waals surface area contributed by atoms with E-state index in [1.165, 1.54) is 6.07 Å². The molecule has 4 rings (SSSR count). The van der Waals surface area contributed by atoms with Gasteiger partial charge in [0.1, 0.15) is 6.10 Å². The van der Waals surface area contributed by atoms with Crippen molar-refractivity contribution in [2.75, 3.05) is 10.6 Å². The van der Waals surface area contributed by atoms with Crippen molar-refractivity contribution < 1.29 is 37.0 Å². The van der Waals surface area contributed by atoms with Crippen molar-refractivity contribution in [2.24, 2.45) is 5.92 Å². The van der Waals surface area contributed by atoms with Gasteiger partial charge in [0.05, 0.1) is 17.8 Å². The number of pyridine rings is 1. The van der Waals surface area contributed by atoms with Crippen molar-refractivity contribution in [1.82, 2.24) is 15.2 Å². The maximum atomic E-state index is 14.5. The molecule has 0 unspecified atom stereocenters. The minimum Gasteiger partial charge on any atom is -0.481 e. The molecule has 3 aromatic rings. The third-order valence-electron chi connectivity index (χ3n) is 5.18. The van der Waals surface area contributed by atoms with E-state index in [1.54, 1.807) is 0 Å². The lowest BCUT2D eigenvalue weighted by Crippen LogP contribution is -2.28. The quantitative estimate of drug-likeness (QED) is 0.462. The van der Waals surface area contributed by atoms with Gasteiger partial charge in [-0.3, -0.25) is 9.59 Å². The molecule has 1 saturated carbocycles. The van der Waals surface area contributed by atoms with Crippen LogP contribution < -0.4 is 15.4 Å². The summed E-state index contributed by atoms with van der Waals surface area (Å²) in [4.78, 5) is 27.3. The number of ether oxygens (including phenoxy) is 1. The van der Waals surface area contributed by atoms with Gasteiger partial charge in [-0.2, -0.15) is 0 Å². The highest BCUT2D eigenvalue weighted by molar-refractivity contribution is 6.00. The number of carbonyl (C=O) groups excluding carboxylic acids is 1. The van der Waals surface area contributed by atoms with Gasteiger partial charge in [-0.1, -0.05) is 5.10 Å². The Balaban J connectivity index is 1.34. The van der Waals surface area contributed by atoms with E-state index >= 15 is 0 Å². The predicted molar refractivity (Wildman–Crippen MR) is 110 cm³/mol. The first-order chi connectivity index (χ1) is 16.3. The molecule has 13 heteroatoms. The summed E-state index contributed by atoms with van der Waals surface area (Å²) >= 11 is 0. The molecular weight excluding hydrogens is 459 g/mol. The van der Waals surface area contributed by atoms with E-state index in [0.29, 0.717) is 25.7 Å². The first-order valence-electron chi connectivity index (χ1n) is 10.2. The zero-order valence-electron chi connectivity index (χ0n) is 17.4. The van der Waals surface area contributed by atoms with Crippen molar-refractivity contribution >= 4 is 29.3 Å². The summed E-state index contributed by atoms with van der Waals surface area (Å²) in [7, 11) is 0. The molecule has 178 valence electrons. The van der Waals surface area contributed by atoms with Crippen LogP contribution in [0.2, 0.25) is 0 Å². The molecule has 1 fully saturated rings. The molecule has 0 atom stereocenters. The lowest BCUT2D eigenvalue weighted by Gasteiger charge is -2.26. The number of aliphatic carboxylic acids is 1. The number of nitrogens with one attached hydrogen (secondary N) is 2. The van der Waals surface area contributed by atoms with Crippen LogP contribution >= 0.6 is 0 Å². The number of carboxylic acids is 1. The van der Waals surface area contributed by atoms with Crippen LogP contribution in [0.4, 0.5) is 30.6 Å². The Morgan fingerprint density at radius 1 is 1.03 bits per heavy atom. The van der Waals surface area contributed by atoms with E-state index in [0.717, 1.165) is 24.4 Å². The normalized spacial score (nSPS) is 17.7. The largest absolute Gasteiger partial charge is 0.481 e. The Hall–Kier alpha value is -4.16. The van der Waals surface area contributed by atoms with E-state index < -0.39 is 41.1 Å². The summed E-state index contributed by atoms with van der Waals surface area (Å²) in [5.41, 5.74) is -0.156. The molecule has 34 heavy (non-hydrogen) atoms. The molecule has 10 nitrogen and oxygen atoms in total. The minimum atomic E-state index is -1.09. The molecule has 1 aromatic carbocycles. The predicted octanol–water partition coefficient (Wildman–Crippen LogP) is 3.90. The summed E-state index contributed by atoms with van der Waals surface area (Å²) in [5.74, 6) is -5.62. The second-order valence-corrected chi connectivity index (χ2v) is 7.55. The first kappa shape index (κ1) is 23.0. The second-order valence-electron chi connectivity index (χ2n) is 7.55. The van der Waals surface area contributed by atoms with Crippen LogP contribution in [0.1, 0.15) is 36.4 Å². The number of hydrogen-bond acceptors (Lipinski definition) is 8. The summed E-state index contributed by atoms with van der Waals surface area (Å²) in [5, 5.41) is 20.9. The average Bonchev–Trinajstić information content (AvgIpc) is 3.27. The van der Waals surface area contributed by atoms with Gasteiger partial charge in [0.2, 0.25) is 5.88 Å². The smallest absolute Gasteiger partial charge is 0.320 e. The van der Waals surface area contributed by atoms with Gasteiger partial charge in [-0.25, -0.2) is 18.2 Å². The maximum Gasteiger partial charge on any atom is 0.320 e. The maximum absolute atomic E-state index is 14.5. The topological polar surface area (TPSA) is 139 Å². The Kier molecular flexibility index (Phi) is 6.61. The van der Waals surface area contributed by atoms with Crippen molar-refractivity contribution in [2.45, 2.75) is 31.8 Å². The second kappa shape index (κ2) is 9.77. The van der Waals surface area contributed by atoms with Gasteiger partial charge in [0.25, 0.3) is 0 Å². The number of amides is 1. The molecule has 1 amide bonds. The Bertz CT molecular complexity index is 1210. The fourth-order valence-corrected chi connectivity index (χ4v) is 3.41. The van der Waals surface area contributed by atoms with Crippen LogP contribution in [-0.4, -0.2) is 38.3 Å². The van der Waals surface area contributed by atoms with E-state index in [9.17, 15) is 22.8 Å². The third-order valence-corrected chi connectivity index (χ3v) is 5.18. The number of halogens is 3. The Morgan fingerprint density at radius 2 is 1.79 bits per heavy atom. The highest BCUT2D eigenvalue weighted by Gasteiger charge is 2.27. The van der Waals surface area contributed by atoms with Crippen LogP contribution in [-0.2, 0) is 4.79 Å². The number of carboxylic acid groups (broad SMARTS) is 1. The number of rotatable bonds is 7. The summed E-state index contributed by atoms with van der Waals surface area (Å²) in [6, 6.07) is 3.72. The van der Waals surface area contributed by atoms with E-state index in [-0.39, 0.29) is 29.4 Å². The fraction of sp³-hybridized carbons (Fsp3) is 0.286. The summed E-state index contributed by atoms with van der Waals surface area (Å²) in [6.07, 6.45) is 2.74. The molecule has 1 aliphatic carbocycles. The van der Waals surface area contributed by atoms with E-state index in [4.69, 9.17) is 14.3 Å². The number of carbonyl (C=O) groups is 2. The first-order valence-corrected chi connectivity index (χ1v) is 10.2. The van der Waals surface area contributed by atoms with Crippen LogP contribution in [0.25, 0.3) is 0 Å².